The van der Waals surface area contributed by atoms with Crippen molar-refractivity contribution in [3.8, 4) is 0 Å². The molecule has 0 bridgehead atoms. The van der Waals surface area contributed by atoms with Gasteiger partial charge in [-0.3, -0.25) is 4.90 Å². The predicted molar refractivity (Wildman–Crippen MR) is 72.8 cm³/mol. The number of hydrogen-bond acceptors (Lipinski definition) is 2. The molecular weight excluding hydrogens is 227 g/mol. The zero-order valence-corrected chi connectivity index (χ0v) is 11.3. The van der Waals surface area contributed by atoms with Gasteiger partial charge in [0.15, 0.2) is 0 Å². The number of benzene rings is 1. The van der Waals surface area contributed by atoms with E-state index in [0.717, 1.165) is 6.54 Å². The highest BCUT2D eigenvalue weighted by Gasteiger charge is 2.29. The van der Waals surface area contributed by atoms with Crippen LogP contribution < -0.4 is 5.73 Å². The highest BCUT2D eigenvalue weighted by Crippen LogP contribution is 2.29. The highest BCUT2D eigenvalue weighted by molar-refractivity contribution is 5.20. The van der Waals surface area contributed by atoms with E-state index in [1.807, 2.05) is 12.1 Å². The Bertz CT molecular complexity index is 375. The number of halogens is 1. The summed E-state index contributed by atoms with van der Waals surface area (Å²) in [5.41, 5.74) is 7.27. The molecule has 18 heavy (non-hydrogen) atoms. The fraction of sp³-hybridized carbons (Fsp3) is 0.600. The summed E-state index contributed by atoms with van der Waals surface area (Å²) in [4.78, 5) is 2.47. The molecule has 1 aromatic rings. The van der Waals surface area contributed by atoms with Crippen molar-refractivity contribution in [2.24, 2.45) is 5.73 Å². The van der Waals surface area contributed by atoms with Crippen LogP contribution in [0.15, 0.2) is 24.3 Å². The molecule has 1 aliphatic heterocycles. The van der Waals surface area contributed by atoms with Crippen LogP contribution in [-0.4, -0.2) is 23.5 Å². The van der Waals surface area contributed by atoms with Crippen molar-refractivity contribution in [3.63, 3.8) is 0 Å². The van der Waals surface area contributed by atoms with E-state index < -0.39 is 0 Å². The van der Waals surface area contributed by atoms with E-state index in [1.54, 1.807) is 0 Å². The number of piperidine rings is 1. The molecule has 3 atom stereocenters. The second-order valence-electron chi connectivity index (χ2n) is 5.39. The van der Waals surface area contributed by atoms with Gasteiger partial charge < -0.3 is 5.73 Å². The van der Waals surface area contributed by atoms with Crippen LogP contribution in [0.2, 0.25) is 0 Å². The lowest BCUT2D eigenvalue weighted by Crippen LogP contribution is -2.49. The molecule has 2 rings (SSSR count). The average molecular weight is 250 g/mol. The molecule has 0 aromatic heterocycles. The molecule has 2 N–H and O–H groups in total. The summed E-state index contributed by atoms with van der Waals surface area (Å²) < 4.78 is 13.0. The molecule has 1 aromatic carbocycles. The number of nitrogens with zero attached hydrogens (tertiary/aromatic N) is 1. The van der Waals surface area contributed by atoms with Crippen molar-refractivity contribution < 1.29 is 4.39 Å². The largest absolute Gasteiger partial charge is 0.327 e. The summed E-state index contributed by atoms with van der Waals surface area (Å²) in [7, 11) is 0. The van der Waals surface area contributed by atoms with Gasteiger partial charge in [0.05, 0.1) is 0 Å². The second-order valence-corrected chi connectivity index (χ2v) is 5.39. The lowest BCUT2D eigenvalue weighted by atomic mass is 9.93. The van der Waals surface area contributed by atoms with E-state index in [-0.39, 0.29) is 11.9 Å². The van der Waals surface area contributed by atoms with Crippen LogP contribution in [0.3, 0.4) is 0 Å². The first kappa shape index (κ1) is 13.5. The SMILES string of the molecule is CC(N)C1CCCCN1C(C)c1ccc(F)cc1. The Hall–Kier alpha value is -0.930. The van der Waals surface area contributed by atoms with E-state index in [9.17, 15) is 4.39 Å². The lowest BCUT2D eigenvalue weighted by Gasteiger charge is -2.42. The number of nitrogens with two attached hydrogens (primary N) is 1. The van der Waals surface area contributed by atoms with Gasteiger partial charge in [-0.05, 0) is 50.9 Å². The molecule has 3 heteroatoms. The molecular formula is C15H23FN2. The standard InChI is InChI=1S/C15H23FN2/c1-11(17)15-5-3-4-10-18(15)12(2)13-6-8-14(16)9-7-13/h6-9,11-12,15H,3-5,10,17H2,1-2H3. The van der Waals surface area contributed by atoms with Crippen LogP contribution in [0.25, 0.3) is 0 Å². The number of hydrogen-bond donors (Lipinski definition) is 1. The summed E-state index contributed by atoms with van der Waals surface area (Å²) >= 11 is 0. The third-order valence-corrected chi connectivity index (χ3v) is 4.05. The Kier molecular flexibility index (Phi) is 4.36. The zero-order chi connectivity index (χ0) is 13.1. The second kappa shape index (κ2) is 5.81. The average Bonchev–Trinajstić information content (AvgIpc) is 2.39. The Labute approximate surface area is 109 Å². The first-order valence-corrected chi connectivity index (χ1v) is 6.86. The van der Waals surface area contributed by atoms with E-state index in [2.05, 4.69) is 18.7 Å². The number of rotatable bonds is 3. The van der Waals surface area contributed by atoms with Gasteiger partial charge in [0.2, 0.25) is 0 Å². The normalized spacial score (nSPS) is 24.8. The van der Waals surface area contributed by atoms with Crippen LogP contribution in [0.1, 0.15) is 44.7 Å². The third-order valence-electron chi connectivity index (χ3n) is 4.05. The van der Waals surface area contributed by atoms with Crippen LogP contribution in [0, 0.1) is 5.82 Å². The third kappa shape index (κ3) is 2.90. The molecule has 2 nitrogen and oxygen atoms in total. The molecule has 1 saturated heterocycles. The van der Waals surface area contributed by atoms with Crippen molar-refractivity contribution in [3.05, 3.63) is 35.6 Å². The van der Waals surface area contributed by atoms with Crippen molar-refractivity contribution >= 4 is 0 Å². The molecule has 0 radical (unpaired) electrons. The molecule has 100 valence electrons. The van der Waals surface area contributed by atoms with Crippen LogP contribution in [-0.2, 0) is 0 Å². The van der Waals surface area contributed by atoms with E-state index >= 15 is 0 Å². The molecule has 1 fully saturated rings. The number of likely N-dealkylation sites (tertiary alicyclic amines) is 1. The van der Waals surface area contributed by atoms with Crippen molar-refractivity contribution in [1.29, 1.82) is 0 Å². The van der Waals surface area contributed by atoms with Gasteiger partial charge in [0.1, 0.15) is 5.82 Å². The smallest absolute Gasteiger partial charge is 0.123 e. The van der Waals surface area contributed by atoms with E-state index in [0.29, 0.717) is 12.1 Å². The fourth-order valence-electron chi connectivity index (χ4n) is 2.96. The van der Waals surface area contributed by atoms with Crippen molar-refractivity contribution in [2.75, 3.05) is 6.54 Å². The Morgan fingerprint density at radius 3 is 2.50 bits per heavy atom. The minimum Gasteiger partial charge on any atom is -0.327 e. The maximum Gasteiger partial charge on any atom is 0.123 e. The van der Waals surface area contributed by atoms with Crippen molar-refractivity contribution in [2.45, 2.75) is 51.2 Å². The summed E-state index contributed by atoms with van der Waals surface area (Å²) in [6.45, 7) is 5.36. The Balaban J connectivity index is 2.15. The molecule has 3 unspecified atom stereocenters. The van der Waals surface area contributed by atoms with Gasteiger partial charge in [-0.1, -0.05) is 18.6 Å². The topological polar surface area (TPSA) is 29.3 Å². The van der Waals surface area contributed by atoms with Crippen LogP contribution in [0.5, 0.6) is 0 Å². The first-order valence-electron chi connectivity index (χ1n) is 6.86. The maximum atomic E-state index is 13.0. The van der Waals surface area contributed by atoms with Crippen LogP contribution >= 0.6 is 0 Å². The molecule has 1 aliphatic rings. The monoisotopic (exact) mass is 250 g/mol. The summed E-state index contributed by atoms with van der Waals surface area (Å²) in [5, 5.41) is 0. The summed E-state index contributed by atoms with van der Waals surface area (Å²) in [5.74, 6) is -0.173. The van der Waals surface area contributed by atoms with Gasteiger partial charge in [-0.25, -0.2) is 4.39 Å². The van der Waals surface area contributed by atoms with Gasteiger partial charge in [-0.15, -0.1) is 0 Å². The predicted octanol–water partition coefficient (Wildman–Crippen LogP) is 3.09. The molecule has 0 spiro atoms. The molecule has 0 amide bonds. The summed E-state index contributed by atoms with van der Waals surface area (Å²) in [6, 6.07) is 7.78. The summed E-state index contributed by atoms with van der Waals surface area (Å²) in [6.07, 6.45) is 3.66. The quantitative estimate of drug-likeness (QED) is 0.893. The Morgan fingerprint density at radius 2 is 1.89 bits per heavy atom. The van der Waals surface area contributed by atoms with Gasteiger partial charge >= 0.3 is 0 Å². The lowest BCUT2D eigenvalue weighted by molar-refractivity contribution is 0.0890. The van der Waals surface area contributed by atoms with Crippen LogP contribution in [0.4, 0.5) is 4.39 Å². The minimum absolute atomic E-state index is 0.173. The van der Waals surface area contributed by atoms with Gasteiger partial charge in [0.25, 0.3) is 0 Å². The highest BCUT2D eigenvalue weighted by atomic mass is 19.1. The van der Waals surface area contributed by atoms with Crippen molar-refractivity contribution in [1.82, 2.24) is 4.90 Å². The zero-order valence-electron chi connectivity index (χ0n) is 11.3. The maximum absolute atomic E-state index is 13.0. The fourth-order valence-corrected chi connectivity index (χ4v) is 2.96. The van der Waals surface area contributed by atoms with E-state index in [4.69, 9.17) is 5.73 Å². The van der Waals surface area contributed by atoms with E-state index in [1.165, 1.54) is 37.0 Å². The molecule has 0 saturated carbocycles. The molecule has 1 heterocycles. The first-order chi connectivity index (χ1) is 8.59. The minimum atomic E-state index is -0.173. The van der Waals surface area contributed by atoms with Gasteiger partial charge in [0, 0.05) is 18.1 Å². The van der Waals surface area contributed by atoms with Gasteiger partial charge in [-0.2, -0.15) is 0 Å². The molecule has 0 aliphatic carbocycles. The Morgan fingerprint density at radius 1 is 1.22 bits per heavy atom.